The Hall–Kier alpha value is -2.63. The minimum Gasteiger partial charge on any atom is -0.460 e. The third-order valence-corrected chi connectivity index (χ3v) is 6.84. The van der Waals surface area contributed by atoms with Crippen LogP contribution in [-0.2, 0) is 12.8 Å². The second-order valence-electron chi connectivity index (χ2n) is 9.76. The molecule has 1 aromatic heterocycles. The van der Waals surface area contributed by atoms with Crippen LogP contribution in [0.3, 0.4) is 0 Å². The lowest BCUT2D eigenvalue weighted by molar-refractivity contribution is 0.0998. The number of primary amides is 1. The number of amides is 1. The lowest BCUT2D eigenvalue weighted by Gasteiger charge is -2.21. The highest BCUT2D eigenvalue weighted by Crippen LogP contribution is 2.30. The molecule has 0 aliphatic rings. The molecule has 37 heavy (non-hydrogen) atoms. The second kappa shape index (κ2) is 15.6. The normalized spacial score (nSPS) is 11.1. The van der Waals surface area contributed by atoms with Crippen molar-refractivity contribution in [1.29, 1.82) is 0 Å². The minimum atomic E-state index is -0.515. The fraction of sp³-hybridized carbons (Fsp3) is 0.484. The van der Waals surface area contributed by atoms with E-state index < -0.39 is 5.91 Å². The molecule has 0 bridgehead atoms. The molecule has 6 heteroatoms. The SMILES string of the molecule is CCCCc1oc2ccc(C(N)=O)cc2c1C(=O)c1ccc(CCCN(CCCC)CCCC)cc1.Cl. The molecule has 3 rings (SSSR count). The van der Waals surface area contributed by atoms with Crippen molar-refractivity contribution in [1.82, 2.24) is 4.90 Å². The van der Waals surface area contributed by atoms with Gasteiger partial charge in [0, 0.05) is 22.9 Å². The number of ketones is 1. The Labute approximate surface area is 228 Å². The number of nitrogens with two attached hydrogens (primary N) is 1. The van der Waals surface area contributed by atoms with Gasteiger partial charge < -0.3 is 15.1 Å². The van der Waals surface area contributed by atoms with Gasteiger partial charge in [-0.1, -0.05) is 64.3 Å². The molecule has 0 atom stereocenters. The van der Waals surface area contributed by atoms with E-state index in [-0.39, 0.29) is 18.2 Å². The van der Waals surface area contributed by atoms with E-state index >= 15 is 0 Å². The zero-order valence-electron chi connectivity index (χ0n) is 22.7. The Kier molecular flexibility index (Phi) is 12.9. The van der Waals surface area contributed by atoms with Gasteiger partial charge in [-0.3, -0.25) is 9.59 Å². The van der Waals surface area contributed by atoms with E-state index in [9.17, 15) is 9.59 Å². The first-order valence-electron chi connectivity index (χ1n) is 13.7. The minimum absolute atomic E-state index is 0. The number of hydrogen-bond donors (Lipinski definition) is 1. The molecule has 1 heterocycles. The van der Waals surface area contributed by atoms with E-state index in [1.807, 2.05) is 12.1 Å². The average molecular weight is 527 g/mol. The van der Waals surface area contributed by atoms with Crippen molar-refractivity contribution >= 4 is 35.1 Å². The van der Waals surface area contributed by atoms with Crippen LogP contribution in [0, 0.1) is 0 Å². The maximum atomic E-state index is 13.6. The van der Waals surface area contributed by atoms with Crippen molar-refractivity contribution in [2.75, 3.05) is 19.6 Å². The molecule has 0 saturated heterocycles. The van der Waals surface area contributed by atoms with Gasteiger partial charge in [-0.25, -0.2) is 0 Å². The number of nitrogens with zero attached hydrogens (tertiary/aromatic N) is 1. The highest BCUT2D eigenvalue weighted by Gasteiger charge is 2.22. The van der Waals surface area contributed by atoms with Crippen LogP contribution >= 0.6 is 12.4 Å². The number of unbranched alkanes of at least 4 members (excludes halogenated alkanes) is 3. The summed E-state index contributed by atoms with van der Waals surface area (Å²) < 4.78 is 6.06. The number of rotatable bonds is 16. The highest BCUT2D eigenvalue weighted by atomic mass is 35.5. The number of benzene rings is 2. The molecule has 5 nitrogen and oxygen atoms in total. The fourth-order valence-corrected chi connectivity index (χ4v) is 4.64. The molecule has 0 radical (unpaired) electrons. The van der Waals surface area contributed by atoms with E-state index in [1.54, 1.807) is 18.2 Å². The summed E-state index contributed by atoms with van der Waals surface area (Å²) in [6, 6.07) is 13.0. The number of hydrogen-bond acceptors (Lipinski definition) is 4. The molecule has 0 aliphatic heterocycles. The average Bonchev–Trinajstić information content (AvgIpc) is 3.26. The van der Waals surface area contributed by atoms with Crippen molar-refractivity contribution in [2.24, 2.45) is 5.73 Å². The predicted octanol–water partition coefficient (Wildman–Crippen LogP) is 7.36. The Morgan fingerprint density at radius 3 is 1.97 bits per heavy atom. The Morgan fingerprint density at radius 2 is 1.38 bits per heavy atom. The van der Waals surface area contributed by atoms with Crippen LogP contribution in [0.1, 0.15) is 103 Å². The van der Waals surface area contributed by atoms with Gasteiger partial charge in [-0.05, 0) is 75.5 Å². The molecule has 3 aromatic rings. The first-order chi connectivity index (χ1) is 17.5. The van der Waals surface area contributed by atoms with Crippen molar-refractivity contribution in [2.45, 2.75) is 78.6 Å². The molecule has 0 unspecified atom stereocenters. The van der Waals surface area contributed by atoms with Gasteiger partial charge in [0.25, 0.3) is 0 Å². The third kappa shape index (κ3) is 8.44. The van der Waals surface area contributed by atoms with Crippen LogP contribution in [0.4, 0.5) is 0 Å². The van der Waals surface area contributed by atoms with Gasteiger partial charge >= 0.3 is 0 Å². The van der Waals surface area contributed by atoms with Crippen LogP contribution < -0.4 is 5.73 Å². The topological polar surface area (TPSA) is 76.5 Å². The van der Waals surface area contributed by atoms with Gasteiger partial charge in [0.2, 0.25) is 5.91 Å². The van der Waals surface area contributed by atoms with Crippen LogP contribution in [0.25, 0.3) is 11.0 Å². The number of carbonyl (C=O) groups excluding carboxylic acids is 2. The summed E-state index contributed by atoms with van der Waals surface area (Å²) in [5.41, 5.74) is 8.92. The molecule has 0 aliphatic carbocycles. The number of halogens is 1. The van der Waals surface area contributed by atoms with E-state index in [4.69, 9.17) is 10.2 Å². The zero-order valence-corrected chi connectivity index (χ0v) is 23.5. The Bertz CT molecular complexity index is 1130. The molecule has 2 N–H and O–H groups in total. The quantitative estimate of drug-likeness (QED) is 0.198. The van der Waals surface area contributed by atoms with Crippen molar-refractivity contribution in [3.8, 4) is 0 Å². The van der Waals surface area contributed by atoms with Crippen molar-refractivity contribution < 1.29 is 14.0 Å². The number of aryl methyl sites for hydroxylation is 2. The number of furan rings is 1. The molecule has 1 amide bonds. The first-order valence-corrected chi connectivity index (χ1v) is 13.7. The Balaban J connectivity index is 0.00000481. The second-order valence-corrected chi connectivity index (χ2v) is 9.76. The fourth-order valence-electron chi connectivity index (χ4n) is 4.64. The molecule has 2 aromatic carbocycles. The number of carbonyl (C=O) groups is 2. The zero-order chi connectivity index (χ0) is 25.9. The maximum Gasteiger partial charge on any atom is 0.248 e. The smallest absolute Gasteiger partial charge is 0.248 e. The van der Waals surface area contributed by atoms with Gasteiger partial charge in [-0.15, -0.1) is 12.4 Å². The van der Waals surface area contributed by atoms with Crippen LogP contribution in [0.2, 0.25) is 0 Å². The molecule has 0 spiro atoms. The summed E-state index contributed by atoms with van der Waals surface area (Å²) >= 11 is 0. The van der Waals surface area contributed by atoms with Gasteiger partial charge in [-0.2, -0.15) is 0 Å². The molecular formula is C31H43ClN2O3. The van der Waals surface area contributed by atoms with Crippen molar-refractivity contribution in [3.05, 3.63) is 70.5 Å². The summed E-state index contributed by atoms with van der Waals surface area (Å²) in [5.74, 6) is 0.0963. The van der Waals surface area contributed by atoms with Crippen LogP contribution in [0.5, 0.6) is 0 Å². The highest BCUT2D eigenvalue weighted by molar-refractivity contribution is 6.17. The molecule has 0 fully saturated rings. The molecular weight excluding hydrogens is 484 g/mol. The lowest BCUT2D eigenvalue weighted by atomic mass is 9.96. The molecule has 202 valence electrons. The maximum absolute atomic E-state index is 13.6. The van der Waals surface area contributed by atoms with E-state index in [2.05, 4.69) is 37.8 Å². The van der Waals surface area contributed by atoms with Gasteiger partial charge in [0.1, 0.15) is 11.3 Å². The van der Waals surface area contributed by atoms with Crippen LogP contribution in [0.15, 0.2) is 46.9 Å². The monoisotopic (exact) mass is 526 g/mol. The summed E-state index contributed by atoms with van der Waals surface area (Å²) in [5, 5.41) is 0.658. The lowest BCUT2D eigenvalue weighted by Crippen LogP contribution is -2.27. The predicted molar refractivity (Wildman–Crippen MR) is 155 cm³/mol. The summed E-state index contributed by atoms with van der Waals surface area (Å²) in [6.45, 7) is 10.1. The summed E-state index contributed by atoms with van der Waals surface area (Å²) in [7, 11) is 0. The number of fused-ring (bicyclic) bond motifs is 1. The molecule has 0 saturated carbocycles. The van der Waals surface area contributed by atoms with E-state index in [1.165, 1.54) is 44.3 Å². The Morgan fingerprint density at radius 1 is 0.784 bits per heavy atom. The first kappa shape index (κ1) is 30.6. The summed E-state index contributed by atoms with van der Waals surface area (Å²) in [6.07, 6.45) is 9.70. The van der Waals surface area contributed by atoms with Gasteiger partial charge in [0.15, 0.2) is 5.78 Å². The third-order valence-electron chi connectivity index (χ3n) is 6.84. The summed E-state index contributed by atoms with van der Waals surface area (Å²) in [4.78, 5) is 28.0. The van der Waals surface area contributed by atoms with Crippen molar-refractivity contribution in [3.63, 3.8) is 0 Å². The van der Waals surface area contributed by atoms with Gasteiger partial charge in [0.05, 0.1) is 5.56 Å². The van der Waals surface area contributed by atoms with E-state index in [0.29, 0.717) is 39.8 Å². The van der Waals surface area contributed by atoms with Crippen LogP contribution in [-0.4, -0.2) is 36.2 Å². The standard InChI is InChI=1S/C31H42N2O3.ClH/c1-4-7-12-28-29(26-22-25(31(32)35)17-18-27(26)36-28)30(34)24-15-13-23(14-16-24)11-10-21-33(19-8-5-2)20-9-6-3;/h13-18,22H,4-12,19-21H2,1-3H3,(H2,32,35);1H. The largest absolute Gasteiger partial charge is 0.460 e. The van der Waals surface area contributed by atoms with E-state index in [0.717, 1.165) is 32.2 Å².